The molecule has 0 aliphatic carbocycles. The topological polar surface area (TPSA) is 70.7 Å². The highest BCUT2D eigenvalue weighted by atomic mass is 19.1. The lowest BCUT2D eigenvalue weighted by molar-refractivity contribution is -0.129. The number of carbonyl (C=O) groups is 2. The summed E-state index contributed by atoms with van der Waals surface area (Å²) >= 11 is 0. The molecule has 2 unspecified atom stereocenters. The third kappa shape index (κ3) is 4.14. The molecule has 3 fully saturated rings. The third-order valence-corrected chi connectivity index (χ3v) is 6.31. The third-order valence-electron chi connectivity index (χ3n) is 6.31. The van der Waals surface area contributed by atoms with Crippen molar-refractivity contribution in [3.63, 3.8) is 0 Å². The molecule has 28 heavy (non-hydrogen) atoms. The monoisotopic (exact) mass is 389 g/mol. The number of hydrogen-bond acceptors (Lipinski definition) is 3. The highest BCUT2D eigenvalue weighted by Gasteiger charge is 2.42. The van der Waals surface area contributed by atoms with Crippen molar-refractivity contribution in [1.82, 2.24) is 15.5 Å². The number of piperidine rings is 1. The van der Waals surface area contributed by atoms with Gasteiger partial charge in [0.2, 0.25) is 5.91 Å². The smallest absolute Gasteiger partial charge is 0.315 e. The predicted molar refractivity (Wildman–Crippen MR) is 102 cm³/mol. The zero-order valence-corrected chi connectivity index (χ0v) is 16.1. The molecular weight excluding hydrogens is 361 g/mol. The Hall–Kier alpha value is -2.15. The van der Waals surface area contributed by atoms with Crippen molar-refractivity contribution in [3.8, 4) is 0 Å². The van der Waals surface area contributed by atoms with E-state index in [-0.39, 0.29) is 29.8 Å². The fraction of sp³-hybridized carbons (Fsp3) is 0.619. The predicted octanol–water partition coefficient (Wildman–Crippen LogP) is 2.37. The molecule has 3 saturated heterocycles. The number of benzene rings is 1. The van der Waals surface area contributed by atoms with Crippen molar-refractivity contribution < 1.29 is 18.7 Å². The molecule has 2 atom stereocenters. The Labute approximate surface area is 164 Å². The zero-order valence-electron chi connectivity index (χ0n) is 16.1. The summed E-state index contributed by atoms with van der Waals surface area (Å²) in [6.45, 7) is 1.92. The van der Waals surface area contributed by atoms with Gasteiger partial charge < -0.3 is 20.3 Å². The standard InChI is InChI=1S/C21H28FN3O3/c22-16-5-3-4-15(12-16)14-21(7-10-28-11-8-21)24-20(27)23-17-13-19(26)25-9-2-1-6-18(17)25/h3-5,12,17-18H,1-2,6-11,13-14H2,(H2,23,24,27). The van der Waals surface area contributed by atoms with Crippen LogP contribution in [0.4, 0.5) is 9.18 Å². The van der Waals surface area contributed by atoms with Gasteiger partial charge >= 0.3 is 6.03 Å². The SMILES string of the molecule is O=C(NC1CC(=O)N2CCCCC12)NC1(Cc2cccc(F)c2)CCOCC1. The number of fused-ring (bicyclic) bond motifs is 1. The Bertz CT molecular complexity index is 735. The summed E-state index contributed by atoms with van der Waals surface area (Å²) in [5.74, 6) is -0.137. The molecule has 6 nitrogen and oxygen atoms in total. The molecule has 0 aromatic heterocycles. The number of carbonyl (C=O) groups excluding carboxylic acids is 2. The number of halogens is 1. The Morgan fingerprint density at radius 3 is 2.89 bits per heavy atom. The van der Waals surface area contributed by atoms with Gasteiger partial charge in [0, 0.05) is 26.2 Å². The van der Waals surface area contributed by atoms with Gasteiger partial charge in [-0.2, -0.15) is 0 Å². The van der Waals surface area contributed by atoms with Gasteiger partial charge in [-0.3, -0.25) is 4.79 Å². The van der Waals surface area contributed by atoms with Gasteiger partial charge in [0.25, 0.3) is 0 Å². The Morgan fingerprint density at radius 2 is 2.11 bits per heavy atom. The maximum Gasteiger partial charge on any atom is 0.315 e. The van der Waals surface area contributed by atoms with Gasteiger partial charge in [0.15, 0.2) is 0 Å². The molecule has 152 valence electrons. The first-order chi connectivity index (χ1) is 13.5. The zero-order chi connectivity index (χ0) is 19.6. The van der Waals surface area contributed by atoms with Gasteiger partial charge in [0.05, 0.1) is 17.6 Å². The van der Waals surface area contributed by atoms with Crippen molar-refractivity contribution in [2.75, 3.05) is 19.8 Å². The quantitative estimate of drug-likeness (QED) is 0.831. The molecule has 0 radical (unpaired) electrons. The lowest BCUT2D eigenvalue weighted by Gasteiger charge is -2.39. The lowest BCUT2D eigenvalue weighted by Crippen LogP contribution is -2.58. The summed E-state index contributed by atoms with van der Waals surface area (Å²) in [5, 5.41) is 6.21. The Morgan fingerprint density at radius 1 is 1.29 bits per heavy atom. The molecule has 4 rings (SSSR count). The highest BCUT2D eigenvalue weighted by molar-refractivity contribution is 5.82. The number of nitrogens with zero attached hydrogens (tertiary/aromatic N) is 1. The molecule has 2 N–H and O–H groups in total. The number of amides is 3. The van der Waals surface area contributed by atoms with E-state index in [4.69, 9.17) is 4.74 Å². The Balaban J connectivity index is 1.43. The molecule has 0 bridgehead atoms. The first-order valence-corrected chi connectivity index (χ1v) is 10.3. The summed E-state index contributed by atoms with van der Waals surface area (Å²) in [6.07, 6.45) is 5.36. The average Bonchev–Trinajstić information content (AvgIpc) is 2.98. The van der Waals surface area contributed by atoms with Gasteiger partial charge in [-0.05, 0) is 56.2 Å². The van der Waals surface area contributed by atoms with Crippen LogP contribution in [0.25, 0.3) is 0 Å². The second-order valence-corrected chi connectivity index (χ2v) is 8.26. The van der Waals surface area contributed by atoms with Gasteiger partial charge in [-0.25, -0.2) is 9.18 Å². The molecule has 0 spiro atoms. The minimum Gasteiger partial charge on any atom is -0.381 e. The van der Waals surface area contributed by atoms with Crippen molar-refractivity contribution in [1.29, 1.82) is 0 Å². The van der Waals surface area contributed by atoms with E-state index in [1.165, 1.54) is 12.1 Å². The molecule has 3 amide bonds. The number of ether oxygens (including phenoxy) is 1. The average molecular weight is 389 g/mol. The first-order valence-electron chi connectivity index (χ1n) is 10.3. The minimum atomic E-state index is -0.467. The molecule has 3 aliphatic heterocycles. The molecule has 7 heteroatoms. The Kier molecular flexibility index (Phi) is 5.53. The van der Waals surface area contributed by atoms with Crippen LogP contribution in [0.3, 0.4) is 0 Å². The van der Waals surface area contributed by atoms with Crippen molar-refractivity contribution in [3.05, 3.63) is 35.6 Å². The van der Waals surface area contributed by atoms with Gasteiger partial charge in [-0.15, -0.1) is 0 Å². The van der Waals surface area contributed by atoms with E-state index < -0.39 is 5.54 Å². The fourth-order valence-corrected chi connectivity index (χ4v) is 4.87. The molecule has 0 saturated carbocycles. The van der Waals surface area contributed by atoms with Crippen molar-refractivity contribution >= 4 is 11.9 Å². The normalized spacial score (nSPS) is 26.6. The summed E-state index contributed by atoms with van der Waals surface area (Å²) < 4.78 is 19.1. The second kappa shape index (κ2) is 8.07. The van der Waals surface area contributed by atoms with Gasteiger partial charge in [0.1, 0.15) is 5.82 Å². The molecular formula is C21H28FN3O3. The van der Waals surface area contributed by atoms with Crippen LogP contribution >= 0.6 is 0 Å². The van der Waals surface area contributed by atoms with E-state index in [0.717, 1.165) is 31.4 Å². The summed E-state index contributed by atoms with van der Waals surface area (Å²) in [7, 11) is 0. The minimum absolute atomic E-state index is 0.112. The maximum absolute atomic E-state index is 13.6. The molecule has 1 aromatic rings. The van der Waals surface area contributed by atoms with E-state index >= 15 is 0 Å². The highest BCUT2D eigenvalue weighted by Crippen LogP contribution is 2.29. The van der Waals surface area contributed by atoms with E-state index in [1.54, 1.807) is 6.07 Å². The molecule has 3 aliphatic rings. The number of hydrogen-bond donors (Lipinski definition) is 2. The fourth-order valence-electron chi connectivity index (χ4n) is 4.87. The number of nitrogens with one attached hydrogen (secondary N) is 2. The van der Waals surface area contributed by atoms with Crippen LogP contribution in [-0.4, -0.2) is 54.2 Å². The molecule has 1 aromatic carbocycles. The van der Waals surface area contributed by atoms with Crippen LogP contribution in [0.1, 0.15) is 44.1 Å². The van der Waals surface area contributed by atoms with Crippen LogP contribution in [0, 0.1) is 5.82 Å². The van der Waals surface area contributed by atoms with E-state index in [1.807, 2.05) is 11.0 Å². The van der Waals surface area contributed by atoms with E-state index in [2.05, 4.69) is 10.6 Å². The van der Waals surface area contributed by atoms with Crippen LogP contribution in [-0.2, 0) is 16.0 Å². The van der Waals surface area contributed by atoms with Crippen LogP contribution in [0.15, 0.2) is 24.3 Å². The van der Waals surface area contributed by atoms with E-state index in [9.17, 15) is 14.0 Å². The maximum atomic E-state index is 13.6. The van der Waals surface area contributed by atoms with E-state index in [0.29, 0.717) is 38.9 Å². The van der Waals surface area contributed by atoms with Gasteiger partial charge in [-0.1, -0.05) is 12.1 Å². The van der Waals surface area contributed by atoms with Crippen LogP contribution in [0.2, 0.25) is 0 Å². The molecule has 3 heterocycles. The first kappa shape index (κ1) is 19.2. The second-order valence-electron chi connectivity index (χ2n) is 8.26. The number of urea groups is 1. The van der Waals surface area contributed by atoms with Crippen molar-refractivity contribution in [2.24, 2.45) is 0 Å². The lowest BCUT2D eigenvalue weighted by atomic mass is 9.83. The van der Waals surface area contributed by atoms with Crippen molar-refractivity contribution in [2.45, 2.75) is 62.6 Å². The summed E-state index contributed by atoms with van der Waals surface area (Å²) in [6, 6.07) is 6.25. The summed E-state index contributed by atoms with van der Waals surface area (Å²) in [5.41, 5.74) is 0.391. The summed E-state index contributed by atoms with van der Waals surface area (Å²) in [4.78, 5) is 27.0. The van der Waals surface area contributed by atoms with Crippen LogP contribution in [0.5, 0.6) is 0 Å². The van der Waals surface area contributed by atoms with Crippen LogP contribution < -0.4 is 10.6 Å². The largest absolute Gasteiger partial charge is 0.381 e. The number of rotatable bonds is 4.